The van der Waals surface area contributed by atoms with Crippen LogP contribution in [0.3, 0.4) is 0 Å². The Kier molecular flexibility index (Phi) is 7.91. The van der Waals surface area contributed by atoms with E-state index >= 15 is 0 Å². The molecule has 0 aliphatic heterocycles. The van der Waals surface area contributed by atoms with Gasteiger partial charge in [0.25, 0.3) is 0 Å². The molecule has 274 valence electrons. The molecule has 1 aliphatic rings. The van der Waals surface area contributed by atoms with Gasteiger partial charge in [-0.25, -0.2) is 0 Å². The van der Waals surface area contributed by atoms with Gasteiger partial charge in [-0.1, -0.05) is 178 Å². The molecule has 1 heteroatoms. The highest BCUT2D eigenvalue weighted by Crippen LogP contribution is 2.56. The predicted molar refractivity (Wildman–Crippen MR) is 248 cm³/mol. The summed E-state index contributed by atoms with van der Waals surface area (Å²) in [5, 5.41) is 7.45. The molecule has 1 nitrogen and oxygen atoms in total. The fourth-order valence-electron chi connectivity index (χ4n) is 9.56. The van der Waals surface area contributed by atoms with E-state index in [0.717, 1.165) is 11.4 Å². The Balaban J connectivity index is 1.25. The zero-order chi connectivity index (χ0) is 38.8. The molecule has 0 fully saturated rings. The second-order valence-electron chi connectivity index (χ2n) is 16.1. The highest BCUT2D eigenvalue weighted by molar-refractivity contribution is 6.08. The van der Waals surface area contributed by atoms with Gasteiger partial charge in [-0.15, -0.1) is 0 Å². The summed E-state index contributed by atoms with van der Waals surface area (Å²) in [6.07, 6.45) is 0. The minimum absolute atomic E-state index is 0.275. The summed E-state index contributed by atoms with van der Waals surface area (Å²) < 4.78 is 0. The zero-order valence-corrected chi connectivity index (χ0v) is 32.7. The number of hydrogen-bond acceptors (Lipinski definition) is 1. The fraction of sp³-hybridized carbons (Fsp3) is 0.0526. The summed E-state index contributed by atoms with van der Waals surface area (Å²) in [6.45, 7) is 4.82. The Bertz CT molecular complexity index is 3140. The summed E-state index contributed by atoms with van der Waals surface area (Å²) in [6, 6.07) is 78.5. The third kappa shape index (κ3) is 5.54. The lowest BCUT2D eigenvalue weighted by atomic mass is 9.80. The van der Waals surface area contributed by atoms with Gasteiger partial charge in [0, 0.05) is 16.7 Å². The van der Waals surface area contributed by atoms with Gasteiger partial charge in [0.05, 0.1) is 11.4 Å². The maximum Gasteiger partial charge on any atom is 0.0546 e. The van der Waals surface area contributed by atoms with Crippen molar-refractivity contribution in [2.24, 2.45) is 0 Å². The van der Waals surface area contributed by atoms with Crippen molar-refractivity contribution in [2.45, 2.75) is 19.3 Å². The molecule has 0 unspecified atom stereocenters. The lowest BCUT2D eigenvalue weighted by molar-refractivity contribution is 0.661. The van der Waals surface area contributed by atoms with Crippen molar-refractivity contribution in [1.82, 2.24) is 0 Å². The van der Waals surface area contributed by atoms with Gasteiger partial charge in [-0.05, 0) is 131 Å². The van der Waals surface area contributed by atoms with E-state index < -0.39 is 0 Å². The van der Waals surface area contributed by atoms with Crippen molar-refractivity contribution in [3.8, 4) is 44.5 Å². The van der Waals surface area contributed by atoms with E-state index in [4.69, 9.17) is 0 Å². The monoisotopic (exact) mass is 739 g/mol. The molecule has 11 rings (SSSR count). The topological polar surface area (TPSA) is 3.24 Å². The molecule has 0 radical (unpaired) electrons. The molecule has 0 spiro atoms. The molecule has 0 heterocycles. The SMILES string of the molecule is CC1(C)c2cc3ccccc3cc2-c2cccc(N(c3cc(-c4ccccc4)cc(-c4ccccc4)c3)c3ccc4ccccc4c3-c3ccc4ccccc4c3)c21. The number of rotatable bonds is 6. The Morgan fingerprint density at radius 1 is 0.345 bits per heavy atom. The quantitative estimate of drug-likeness (QED) is 0.164. The minimum Gasteiger partial charge on any atom is -0.309 e. The maximum absolute atomic E-state index is 2.57. The molecule has 0 bridgehead atoms. The van der Waals surface area contributed by atoms with Crippen molar-refractivity contribution in [1.29, 1.82) is 0 Å². The van der Waals surface area contributed by atoms with Crippen molar-refractivity contribution in [2.75, 3.05) is 4.90 Å². The number of nitrogens with zero attached hydrogens (tertiary/aromatic N) is 1. The third-order valence-electron chi connectivity index (χ3n) is 12.3. The first-order valence-electron chi connectivity index (χ1n) is 20.3. The summed E-state index contributed by atoms with van der Waals surface area (Å²) in [5.74, 6) is 0. The van der Waals surface area contributed by atoms with Crippen LogP contribution in [0.4, 0.5) is 17.1 Å². The van der Waals surface area contributed by atoms with Gasteiger partial charge >= 0.3 is 0 Å². The minimum atomic E-state index is -0.275. The van der Waals surface area contributed by atoms with Gasteiger partial charge < -0.3 is 4.90 Å². The molecule has 10 aromatic carbocycles. The van der Waals surface area contributed by atoms with Crippen molar-refractivity contribution in [3.05, 3.63) is 223 Å². The lowest BCUT2D eigenvalue weighted by Gasteiger charge is -2.34. The van der Waals surface area contributed by atoms with Gasteiger partial charge in [0.1, 0.15) is 0 Å². The van der Waals surface area contributed by atoms with Crippen LogP contribution in [-0.2, 0) is 5.41 Å². The Labute approximate surface area is 340 Å². The molecule has 58 heavy (non-hydrogen) atoms. The van der Waals surface area contributed by atoms with Gasteiger partial charge in [0.2, 0.25) is 0 Å². The molecule has 1 aliphatic carbocycles. The van der Waals surface area contributed by atoms with Gasteiger partial charge in [-0.3, -0.25) is 0 Å². The normalized spacial score (nSPS) is 12.8. The van der Waals surface area contributed by atoms with E-state index in [9.17, 15) is 0 Å². The molecular weight excluding hydrogens is 699 g/mol. The van der Waals surface area contributed by atoms with E-state index in [1.54, 1.807) is 0 Å². The summed E-state index contributed by atoms with van der Waals surface area (Å²) in [4.78, 5) is 2.57. The highest BCUT2D eigenvalue weighted by Gasteiger charge is 2.39. The first kappa shape index (κ1) is 34.1. The van der Waals surface area contributed by atoms with Crippen LogP contribution in [0.15, 0.2) is 212 Å². The average molecular weight is 740 g/mol. The van der Waals surface area contributed by atoms with Crippen LogP contribution in [-0.4, -0.2) is 0 Å². The molecule has 10 aromatic rings. The molecular formula is C57H41N. The van der Waals surface area contributed by atoms with Crippen LogP contribution in [0, 0.1) is 0 Å². The van der Waals surface area contributed by atoms with Crippen LogP contribution in [0.25, 0.3) is 76.8 Å². The van der Waals surface area contributed by atoms with Crippen LogP contribution >= 0.6 is 0 Å². The van der Waals surface area contributed by atoms with Crippen LogP contribution in [0.2, 0.25) is 0 Å². The van der Waals surface area contributed by atoms with E-state index in [-0.39, 0.29) is 5.41 Å². The van der Waals surface area contributed by atoms with E-state index in [1.807, 2.05) is 0 Å². The highest BCUT2D eigenvalue weighted by atomic mass is 15.1. The molecule has 0 saturated heterocycles. The molecule has 0 aromatic heterocycles. The van der Waals surface area contributed by atoms with Gasteiger partial charge in [0.15, 0.2) is 0 Å². The third-order valence-corrected chi connectivity index (χ3v) is 12.3. The van der Waals surface area contributed by atoms with Crippen LogP contribution in [0.5, 0.6) is 0 Å². The Morgan fingerprint density at radius 3 is 1.60 bits per heavy atom. The number of anilines is 3. The molecule has 0 atom stereocenters. The fourth-order valence-corrected chi connectivity index (χ4v) is 9.56. The van der Waals surface area contributed by atoms with E-state index in [2.05, 4.69) is 231 Å². The van der Waals surface area contributed by atoms with Gasteiger partial charge in [-0.2, -0.15) is 0 Å². The Hall–Kier alpha value is -7.22. The molecule has 0 amide bonds. The first-order valence-corrected chi connectivity index (χ1v) is 20.3. The molecule has 0 N–H and O–H groups in total. The number of hydrogen-bond donors (Lipinski definition) is 0. The summed E-state index contributed by atoms with van der Waals surface area (Å²) >= 11 is 0. The summed E-state index contributed by atoms with van der Waals surface area (Å²) in [7, 11) is 0. The van der Waals surface area contributed by atoms with Crippen LogP contribution < -0.4 is 4.90 Å². The largest absolute Gasteiger partial charge is 0.309 e. The van der Waals surface area contributed by atoms with Crippen LogP contribution in [0.1, 0.15) is 25.0 Å². The maximum atomic E-state index is 2.57. The standard InChI is InChI=1S/C57H41N/c1-57(2)52-37-44-24-12-11-23-43(44)36-51(52)50-26-15-27-54(56(50)57)58(48-34-46(38-16-5-3-6-17-38)33-47(35-48)39-18-7-4-8-19-39)53-31-30-41-21-13-14-25-49(41)55(53)45-29-28-40-20-9-10-22-42(40)32-45/h3-37H,1-2H3. The summed E-state index contributed by atoms with van der Waals surface area (Å²) in [5.41, 5.74) is 15.6. The van der Waals surface area contributed by atoms with Crippen molar-refractivity contribution < 1.29 is 0 Å². The van der Waals surface area contributed by atoms with E-state index in [0.29, 0.717) is 0 Å². The number of benzene rings is 10. The zero-order valence-electron chi connectivity index (χ0n) is 32.7. The van der Waals surface area contributed by atoms with E-state index in [1.165, 1.54) is 93.6 Å². The predicted octanol–water partition coefficient (Wildman–Crippen LogP) is 15.9. The second-order valence-corrected chi connectivity index (χ2v) is 16.1. The van der Waals surface area contributed by atoms with Crippen molar-refractivity contribution >= 4 is 49.4 Å². The second kappa shape index (κ2) is 13.5. The Morgan fingerprint density at radius 2 is 0.914 bits per heavy atom. The number of fused-ring (bicyclic) bond motifs is 6. The molecule has 0 saturated carbocycles. The average Bonchev–Trinajstić information content (AvgIpc) is 3.51. The van der Waals surface area contributed by atoms with Crippen molar-refractivity contribution in [3.63, 3.8) is 0 Å². The first-order chi connectivity index (χ1) is 28.5. The smallest absolute Gasteiger partial charge is 0.0546 e. The lowest BCUT2D eigenvalue weighted by Crippen LogP contribution is -2.21.